The second-order valence-electron chi connectivity index (χ2n) is 8.21. The number of amides is 2. The van der Waals surface area contributed by atoms with Crippen LogP contribution in [-0.4, -0.2) is 77.8 Å². The molecule has 2 heterocycles. The van der Waals surface area contributed by atoms with Crippen LogP contribution < -0.4 is 10.2 Å². The number of carboxylic acids is 1. The molecule has 28 heavy (non-hydrogen) atoms. The first-order valence-electron chi connectivity index (χ1n) is 10.4. The van der Waals surface area contributed by atoms with Gasteiger partial charge in [0.2, 0.25) is 0 Å². The summed E-state index contributed by atoms with van der Waals surface area (Å²) in [6.07, 6.45) is 3.66. The van der Waals surface area contributed by atoms with E-state index in [-0.39, 0.29) is 24.7 Å². The van der Waals surface area contributed by atoms with Crippen LogP contribution in [0.15, 0.2) is 24.3 Å². The highest BCUT2D eigenvalue weighted by atomic mass is 16.4. The largest absolute Gasteiger partial charge is 0.480 e. The Labute approximate surface area is 166 Å². The van der Waals surface area contributed by atoms with Crippen LogP contribution in [0, 0.1) is 0 Å². The Balaban J connectivity index is 1.29. The summed E-state index contributed by atoms with van der Waals surface area (Å²) in [5, 5.41) is 12.2. The van der Waals surface area contributed by atoms with Crippen LogP contribution in [0.5, 0.6) is 0 Å². The third-order valence-electron chi connectivity index (χ3n) is 6.44. The third kappa shape index (κ3) is 3.81. The number of nitrogens with zero attached hydrogens (tertiary/aromatic N) is 3. The van der Waals surface area contributed by atoms with Crippen LogP contribution in [0.3, 0.4) is 0 Å². The minimum absolute atomic E-state index is 0.0301. The molecule has 0 aromatic heterocycles. The molecule has 0 spiro atoms. The molecule has 1 unspecified atom stereocenters. The first-order valence-corrected chi connectivity index (χ1v) is 10.4. The number of fused-ring (bicyclic) bond motifs is 3. The molecule has 0 bridgehead atoms. The Morgan fingerprint density at radius 2 is 2.04 bits per heavy atom. The molecule has 3 aliphatic rings. The molecular formula is C21H30N4O3. The highest BCUT2D eigenvalue weighted by Gasteiger charge is 2.37. The molecule has 2 N–H and O–H groups in total. The summed E-state index contributed by atoms with van der Waals surface area (Å²) >= 11 is 0. The van der Waals surface area contributed by atoms with Crippen LogP contribution in [0.2, 0.25) is 0 Å². The lowest BCUT2D eigenvalue weighted by molar-refractivity contribution is -0.139. The van der Waals surface area contributed by atoms with Gasteiger partial charge in [-0.25, -0.2) is 4.79 Å². The highest BCUT2D eigenvalue weighted by molar-refractivity contribution is 5.75. The Hall–Kier alpha value is -2.28. The maximum Gasteiger partial charge on any atom is 0.317 e. The Morgan fingerprint density at radius 1 is 1.25 bits per heavy atom. The van der Waals surface area contributed by atoms with Crippen LogP contribution in [-0.2, 0) is 11.2 Å². The molecule has 4 rings (SSSR count). The van der Waals surface area contributed by atoms with Gasteiger partial charge < -0.3 is 20.2 Å². The van der Waals surface area contributed by atoms with Gasteiger partial charge in [-0.1, -0.05) is 25.1 Å². The molecule has 2 aliphatic heterocycles. The number of carbonyl (C=O) groups excluding carboxylic acids is 1. The van der Waals surface area contributed by atoms with Crippen molar-refractivity contribution in [2.75, 3.05) is 37.6 Å². The molecule has 7 nitrogen and oxygen atoms in total. The van der Waals surface area contributed by atoms with E-state index in [0.717, 1.165) is 51.9 Å². The summed E-state index contributed by atoms with van der Waals surface area (Å²) in [6.45, 7) is 5.33. The minimum Gasteiger partial charge on any atom is -0.480 e. The monoisotopic (exact) mass is 386 g/mol. The molecule has 1 aromatic carbocycles. The van der Waals surface area contributed by atoms with Crippen molar-refractivity contribution in [3.8, 4) is 0 Å². The van der Waals surface area contributed by atoms with Crippen molar-refractivity contribution in [2.24, 2.45) is 0 Å². The first kappa shape index (κ1) is 19.1. The number of carbonyl (C=O) groups is 2. The molecule has 2 amide bonds. The quantitative estimate of drug-likeness (QED) is 0.807. The molecule has 1 atom stereocenters. The predicted molar refractivity (Wildman–Crippen MR) is 108 cm³/mol. The topological polar surface area (TPSA) is 76.1 Å². The zero-order chi connectivity index (χ0) is 19.7. The van der Waals surface area contributed by atoms with Crippen LogP contribution in [0.25, 0.3) is 0 Å². The molecule has 1 aliphatic carbocycles. The fraction of sp³-hybridized carbons (Fsp3) is 0.619. The van der Waals surface area contributed by atoms with Gasteiger partial charge in [-0.05, 0) is 43.9 Å². The maximum absolute atomic E-state index is 12.8. The predicted octanol–water partition coefficient (Wildman–Crippen LogP) is 1.77. The van der Waals surface area contributed by atoms with E-state index in [1.54, 1.807) is 0 Å². The standard InChI is InChI=1S/C21H30N4O3/c1-2-23(14-20(26)27)17-11-16(12-17)22-21(28)24-8-5-9-25-18(13-24)10-15-6-3-4-7-19(15)25/h3-4,6-7,16-18H,2,5,8-14H2,1H3,(H,22,28)(H,26,27). The molecule has 1 aromatic rings. The Kier molecular flexibility index (Phi) is 5.44. The van der Waals surface area contributed by atoms with Crippen molar-refractivity contribution in [2.45, 2.75) is 50.7 Å². The van der Waals surface area contributed by atoms with Gasteiger partial charge in [0.1, 0.15) is 0 Å². The fourth-order valence-corrected chi connectivity index (χ4v) is 4.90. The van der Waals surface area contributed by atoms with Crippen LogP contribution in [0.1, 0.15) is 31.7 Å². The van der Waals surface area contributed by atoms with Gasteiger partial charge in [-0.2, -0.15) is 0 Å². The van der Waals surface area contributed by atoms with E-state index < -0.39 is 5.97 Å². The van der Waals surface area contributed by atoms with Crippen molar-refractivity contribution < 1.29 is 14.7 Å². The van der Waals surface area contributed by atoms with Gasteiger partial charge in [-0.3, -0.25) is 9.69 Å². The molecule has 1 saturated heterocycles. The van der Waals surface area contributed by atoms with Gasteiger partial charge >= 0.3 is 12.0 Å². The number of aliphatic carboxylic acids is 1. The first-order chi connectivity index (χ1) is 13.5. The number of hydrogen-bond donors (Lipinski definition) is 2. The molecule has 7 heteroatoms. The second-order valence-corrected chi connectivity index (χ2v) is 8.21. The van der Waals surface area contributed by atoms with E-state index in [1.807, 2.05) is 16.7 Å². The van der Waals surface area contributed by atoms with Gasteiger partial charge in [0.25, 0.3) is 0 Å². The van der Waals surface area contributed by atoms with E-state index in [9.17, 15) is 9.59 Å². The average molecular weight is 386 g/mol. The Bertz CT molecular complexity index is 734. The number of anilines is 1. The van der Waals surface area contributed by atoms with Crippen molar-refractivity contribution >= 4 is 17.7 Å². The normalized spacial score (nSPS) is 26.3. The lowest BCUT2D eigenvalue weighted by atomic mass is 9.85. The number of nitrogens with one attached hydrogen (secondary N) is 1. The highest BCUT2D eigenvalue weighted by Crippen LogP contribution is 2.33. The van der Waals surface area contributed by atoms with E-state index in [0.29, 0.717) is 6.04 Å². The summed E-state index contributed by atoms with van der Waals surface area (Å²) in [5.41, 5.74) is 2.71. The van der Waals surface area contributed by atoms with E-state index in [1.165, 1.54) is 11.3 Å². The second kappa shape index (κ2) is 7.99. The van der Waals surface area contributed by atoms with Gasteiger partial charge in [0.05, 0.1) is 12.6 Å². The van der Waals surface area contributed by atoms with E-state index >= 15 is 0 Å². The van der Waals surface area contributed by atoms with Crippen molar-refractivity contribution in [1.29, 1.82) is 0 Å². The molecule has 152 valence electrons. The number of benzene rings is 1. The number of hydrogen-bond acceptors (Lipinski definition) is 4. The number of rotatable bonds is 5. The minimum atomic E-state index is -0.791. The lowest BCUT2D eigenvalue weighted by Crippen LogP contribution is -2.57. The summed E-state index contributed by atoms with van der Waals surface area (Å²) in [4.78, 5) is 30.2. The fourth-order valence-electron chi connectivity index (χ4n) is 4.90. The van der Waals surface area contributed by atoms with Crippen molar-refractivity contribution in [1.82, 2.24) is 15.1 Å². The summed E-state index contributed by atoms with van der Waals surface area (Å²) < 4.78 is 0. The van der Waals surface area contributed by atoms with E-state index in [2.05, 4.69) is 34.5 Å². The third-order valence-corrected chi connectivity index (χ3v) is 6.44. The van der Waals surface area contributed by atoms with Crippen molar-refractivity contribution in [3.05, 3.63) is 29.8 Å². The van der Waals surface area contributed by atoms with Crippen molar-refractivity contribution in [3.63, 3.8) is 0 Å². The number of urea groups is 1. The zero-order valence-corrected chi connectivity index (χ0v) is 16.5. The van der Waals surface area contributed by atoms with E-state index in [4.69, 9.17) is 5.11 Å². The van der Waals surface area contributed by atoms with Crippen LogP contribution >= 0.6 is 0 Å². The molecule has 0 radical (unpaired) electrons. The van der Waals surface area contributed by atoms with Gasteiger partial charge in [0, 0.05) is 37.4 Å². The Morgan fingerprint density at radius 3 is 2.79 bits per heavy atom. The smallest absolute Gasteiger partial charge is 0.317 e. The van der Waals surface area contributed by atoms with Gasteiger partial charge in [-0.15, -0.1) is 0 Å². The average Bonchev–Trinajstić information content (AvgIpc) is 2.85. The lowest BCUT2D eigenvalue weighted by Gasteiger charge is -2.42. The number of para-hydroxylation sites is 1. The van der Waals surface area contributed by atoms with Crippen LogP contribution in [0.4, 0.5) is 10.5 Å². The number of carboxylic acid groups (broad SMARTS) is 1. The SMILES string of the molecule is CCN(CC(=O)O)C1CC(NC(=O)N2CCCN3c4ccccc4CC3C2)C1. The zero-order valence-electron chi connectivity index (χ0n) is 16.5. The summed E-state index contributed by atoms with van der Waals surface area (Å²) in [5.74, 6) is -0.791. The summed E-state index contributed by atoms with van der Waals surface area (Å²) in [7, 11) is 0. The molecule has 2 fully saturated rings. The summed E-state index contributed by atoms with van der Waals surface area (Å²) in [6, 6.07) is 9.37. The molecule has 1 saturated carbocycles. The van der Waals surface area contributed by atoms with Gasteiger partial charge in [0.15, 0.2) is 0 Å². The maximum atomic E-state index is 12.8. The number of likely N-dealkylation sites (N-methyl/N-ethyl adjacent to an activating group) is 1. The molecular weight excluding hydrogens is 356 g/mol.